The molecule has 1 aromatic heterocycles. The van der Waals surface area contributed by atoms with Crippen LogP contribution >= 0.6 is 11.6 Å². The molecule has 130 valence electrons. The Morgan fingerprint density at radius 2 is 2.08 bits per heavy atom. The largest absolute Gasteiger partial charge is 0.507 e. The van der Waals surface area contributed by atoms with Crippen LogP contribution in [0.4, 0.5) is 0 Å². The lowest BCUT2D eigenvalue weighted by atomic mass is 10.2. The number of halogens is 1. The zero-order valence-corrected chi connectivity index (χ0v) is 14.4. The molecule has 1 aliphatic rings. The van der Waals surface area contributed by atoms with Crippen molar-refractivity contribution in [3.05, 3.63) is 23.2 Å². The molecule has 0 spiro atoms. The first-order chi connectivity index (χ1) is 11.7. The van der Waals surface area contributed by atoms with Crippen LogP contribution in [0, 0.1) is 0 Å². The summed E-state index contributed by atoms with van der Waals surface area (Å²) in [5, 5.41) is 11.1. The third-order valence-electron chi connectivity index (χ3n) is 3.90. The number of aromatic nitrogens is 1. The van der Waals surface area contributed by atoms with Crippen molar-refractivity contribution in [2.24, 2.45) is 0 Å². The van der Waals surface area contributed by atoms with Gasteiger partial charge in [0, 0.05) is 31.1 Å². The number of pyridine rings is 1. The molecule has 1 aromatic carbocycles. The first-order valence-electron chi connectivity index (χ1n) is 8.07. The van der Waals surface area contributed by atoms with Crippen molar-refractivity contribution in [1.82, 2.24) is 9.88 Å². The van der Waals surface area contributed by atoms with E-state index in [0.717, 1.165) is 32.8 Å². The van der Waals surface area contributed by atoms with Crippen LogP contribution in [0.3, 0.4) is 0 Å². The van der Waals surface area contributed by atoms with Crippen molar-refractivity contribution in [2.45, 2.75) is 6.92 Å². The summed E-state index contributed by atoms with van der Waals surface area (Å²) in [4.78, 5) is 6.65. The van der Waals surface area contributed by atoms with E-state index in [0.29, 0.717) is 40.8 Å². The second kappa shape index (κ2) is 7.88. The van der Waals surface area contributed by atoms with Crippen LogP contribution in [0.1, 0.15) is 6.92 Å². The highest BCUT2D eigenvalue weighted by Crippen LogP contribution is 2.37. The van der Waals surface area contributed by atoms with Crippen LogP contribution in [0.15, 0.2) is 18.2 Å². The van der Waals surface area contributed by atoms with E-state index in [4.69, 9.17) is 25.8 Å². The molecule has 3 rings (SSSR count). The van der Waals surface area contributed by atoms with Gasteiger partial charge in [0.05, 0.1) is 19.8 Å². The lowest BCUT2D eigenvalue weighted by Crippen LogP contribution is -2.38. The van der Waals surface area contributed by atoms with Crippen LogP contribution in [0.25, 0.3) is 10.9 Å². The second-order valence-corrected chi connectivity index (χ2v) is 5.87. The number of hydrogen-bond donors (Lipinski definition) is 1. The van der Waals surface area contributed by atoms with Crippen molar-refractivity contribution in [2.75, 3.05) is 46.1 Å². The quantitative estimate of drug-likeness (QED) is 0.862. The molecule has 1 aliphatic heterocycles. The molecule has 0 atom stereocenters. The summed E-state index contributed by atoms with van der Waals surface area (Å²) in [7, 11) is 0. The van der Waals surface area contributed by atoms with Gasteiger partial charge in [-0.1, -0.05) is 11.6 Å². The van der Waals surface area contributed by atoms with Gasteiger partial charge < -0.3 is 19.3 Å². The van der Waals surface area contributed by atoms with Gasteiger partial charge in [0.15, 0.2) is 0 Å². The van der Waals surface area contributed by atoms with Crippen molar-refractivity contribution < 1.29 is 19.3 Å². The SMILES string of the molecule is CCOc1cc(O)c2ccc(OCCN3CCOCC3)c(Cl)c2n1. The maximum Gasteiger partial charge on any atom is 0.217 e. The summed E-state index contributed by atoms with van der Waals surface area (Å²) in [6, 6.07) is 5.00. The molecule has 0 saturated carbocycles. The Bertz CT molecular complexity index is 705. The van der Waals surface area contributed by atoms with Gasteiger partial charge in [-0.2, -0.15) is 0 Å². The molecule has 6 nitrogen and oxygen atoms in total. The summed E-state index contributed by atoms with van der Waals surface area (Å²) in [5.41, 5.74) is 0.476. The highest BCUT2D eigenvalue weighted by molar-refractivity contribution is 6.36. The van der Waals surface area contributed by atoms with Gasteiger partial charge in [-0.15, -0.1) is 0 Å². The Labute approximate surface area is 145 Å². The van der Waals surface area contributed by atoms with E-state index in [1.165, 1.54) is 6.07 Å². The Morgan fingerprint density at radius 3 is 2.83 bits per heavy atom. The van der Waals surface area contributed by atoms with Gasteiger partial charge in [-0.3, -0.25) is 4.90 Å². The fourth-order valence-electron chi connectivity index (χ4n) is 2.64. The highest BCUT2D eigenvalue weighted by atomic mass is 35.5. The molecule has 0 amide bonds. The number of hydrogen-bond acceptors (Lipinski definition) is 6. The molecule has 7 heteroatoms. The number of nitrogens with zero attached hydrogens (tertiary/aromatic N) is 2. The Kier molecular flexibility index (Phi) is 5.60. The maximum absolute atomic E-state index is 10.1. The number of morpholine rings is 1. The van der Waals surface area contributed by atoms with Gasteiger partial charge in [0.2, 0.25) is 5.88 Å². The first-order valence-corrected chi connectivity index (χ1v) is 8.44. The van der Waals surface area contributed by atoms with E-state index in [1.807, 2.05) is 6.92 Å². The predicted octanol–water partition coefficient (Wildman–Crippen LogP) is 2.70. The Morgan fingerprint density at radius 1 is 1.29 bits per heavy atom. The summed E-state index contributed by atoms with van der Waals surface area (Å²) in [6.07, 6.45) is 0. The topological polar surface area (TPSA) is 64.0 Å². The molecular formula is C17H21ClN2O4. The summed E-state index contributed by atoms with van der Waals surface area (Å²) < 4.78 is 16.5. The first kappa shape index (κ1) is 17.1. The van der Waals surface area contributed by atoms with Crippen LogP contribution in [-0.4, -0.2) is 61.1 Å². The summed E-state index contributed by atoms with van der Waals surface area (Å²) in [5.74, 6) is 0.984. The van der Waals surface area contributed by atoms with Crippen LogP contribution in [0.2, 0.25) is 5.02 Å². The van der Waals surface area contributed by atoms with E-state index >= 15 is 0 Å². The second-order valence-electron chi connectivity index (χ2n) is 5.49. The van der Waals surface area contributed by atoms with Crippen molar-refractivity contribution in [3.8, 4) is 17.4 Å². The smallest absolute Gasteiger partial charge is 0.217 e. The van der Waals surface area contributed by atoms with Crippen LogP contribution in [-0.2, 0) is 4.74 Å². The molecule has 1 fully saturated rings. The molecule has 1 N–H and O–H groups in total. The van der Waals surface area contributed by atoms with Gasteiger partial charge in [-0.05, 0) is 19.1 Å². The predicted molar refractivity (Wildman–Crippen MR) is 92.3 cm³/mol. The number of aromatic hydroxyl groups is 1. The number of benzene rings is 1. The van der Waals surface area contributed by atoms with Crippen LogP contribution in [0.5, 0.6) is 17.4 Å². The standard InChI is InChI=1S/C17H21ClN2O4/c1-2-23-15-11-13(21)12-3-4-14(16(18)17(12)19-15)24-10-7-20-5-8-22-9-6-20/h3-4,11H,2,5-10H2,1H3,(H,19,21). The van der Waals surface area contributed by atoms with Gasteiger partial charge in [0.1, 0.15) is 28.6 Å². The zero-order valence-electron chi connectivity index (χ0n) is 13.6. The average Bonchev–Trinajstić information content (AvgIpc) is 2.59. The molecule has 1 saturated heterocycles. The molecule has 0 bridgehead atoms. The molecule has 0 unspecified atom stereocenters. The molecule has 0 aliphatic carbocycles. The lowest BCUT2D eigenvalue weighted by Gasteiger charge is -2.26. The van der Waals surface area contributed by atoms with Gasteiger partial charge >= 0.3 is 0 Å². The lowest BCUT2D eigenvalue weighted by molar-refractivity contribution is 0.0322. The molecule has 2 heterocycles. The van der Waals surface area contributed by atoms with Crippen molar-refractivity contribution in [3.63, 3.8) is 0 Å². The van der Waals surface area contributed by atoms with E-state index in [-0.39, 0.29) is 5.75 Å². The van der Waals surface area contributed by atoms with Gasteiger partial charge in [-0.25, -0.2) is 4.98 Å². The third-order valence-corrected chi connectivity index (χ3v) is 4.27. The highest BCUT2D eigenvalue weighted by Gasteiger charge is 2.14. The molecule has 2 aromatic rings. The molecule has 0 radical (unpaired) electrons. The van der Waals surface area contributed by atoms with Crippen LogP contribution < -0.4 is 9.47 Å². The normalized spacial score (nSPS) is 15.6. The monoisotopic (exact) mass is 352 g/mol. The van der Waals surface area contributed by atoms with E-state index in [9.17, 15) is 5.11 Å². The maximum atomic E-state index is 10.1. The number of ether oxygens (including phenoxy) is 3. The zero-order chi connectivity index (χ0) is 16.9. The van der Waals surface area contributed by atoms with Crippen molar-refractivity contribution >= 4 is 22.5 Å². The van der Waals surface area contributed by atoms with E-state index in [2.05, 4.69) is 9.88 Å². The fourth-order valence-corrected chi connectivity index (χ4v) is 2.90. The fraction of sp³-hybridized carbons (Fsp3) is 0.471. The summed E-state index contributed by atoms with van der Waals surface area (Å²) >= 11 is 6.42. The van der Waals surface area contributed by atoms with E-state index in [1.54, 1.807) is 12.1 Å². The minimum Gasteiger partial charge on any atom is -0.507 e. The molecular weight excluding hydrogens is 332 g/mol. The number of rotatable bonds is 6. The Balaban J connectivity index is 1.74. The molecule has 24 heavy (non-hydrogen) atoms. The minimum atomic E-state index is 0.0882. The van der Waals surface area contributed by atoms with Crippen molar-refractivity contribution in [1.29, 1.82) is 0 Å². The third kappa shape index (κ3) is 3.83. The average molecular weight is 353 g/mol. The number of fused-ring (bicyclic) bond motifs is 1. The Hall–Kier alpha value is -1.76. The summed E-state index contributed by atoms with van der Waals surface area (Å²) in [6.45, 7) is 7.03. The van der Waals surface area contributed by atoms with Gasteiger partial charge in [0.25, 0.3) is 0 Å². The minimum absolute atomic E-state index is 0.0882. The van der Waals surface area contributed by atoms with E-state index < -0.39 is 0 Å².